The number of amides is 1. The molecule has 1 saturated heterocycles. The van der Waals surface area contributed by atoms with Crippen LogP contribution in [-0.4, -0.2) is 34.0 Å². The minimum absolute atomic E-state index is 0.0706. The number of hydrogen-bond acceptors (Lipinski definition) is 3. The first kappa shape index (κ1) is 21.9. The van der Waals surface area contributed by atoms with Crippen LogP contribution in [0.5, 0.6) is 0 Å². The highest BCUT2D eigenvalue weighted by Gasteiger charge is 2.52. The molecule has 2 fully saturated rings. The van der Waals surface area contributed by atoms with Gasteiger partial charge in [-0.2, -0.15) is 0 Å². The molecule has 2 aromatic carbocycles. The summed E-state index contributed by atoms with van der Waals surface area (Å²) in [5.41, 5.74) is 1.53. The molecule has 162 valence electrons. The molecule has 5 nitrogen and oxygen atoms in total. The Labute approximate surface area is 191 Å². The average molecular weight is 460 g/mol. The van der Waals surface area contributed by atoms with Crippen LogP contribution in [0, 0.1) is 5.92 Å². The fraction of sp³-hybridized carbons (Fsp3) is 0.333. The maximum atomic E-state index is 13.5. The van der Waals surface area contributed by atoms with Crippen LogP contribution in [0.15, 0.2) is 61.2 Å². The number of hydrogen-bond donors (Lipinski definition) is 1. The Hall–Kier alpha value is -2.34. The van der Waals surface area contributed by atoms with Crippen molar-refractivity contribution in [3.05, 3.63) is 82.4 Å². The van der Waals surface area contributed by atoms with Gasteiger partial charge in [0.1, 0.15) is 18.2 Å². The standard InChI is InChI=1S/C24H23Cl2NO4/c1-2-4-19-23(28)27(21(24(29)30)15-7-8-15)20(14-9-11-17(25)12-10-14)22(31-19)16-5-3-6-18(26)13-16/h2-3,5-6,9-13,15,19-22H,1,4,7-8H2,(H,29,30)/t19-,20+,21-,22-/m1/s1. The van der Waals surface area contributed by atoms with Gasteiger partial charge in [-0.3, -0.25) is 4.79 Å². The number of rotatable bonds is 7. The second kappa shape index (κ2) is 9.03. The van der Waals surface area contributed by atoms with Gasteiger partial charge >= 0.3 is 5.97 Å². The molecule has 2 aliphatic rings. The number of ether oxygens (including phenoxy) is 1. The van der Waals surface area contributed by atoms with Crippen molar-refractivity contribution in [3.63, 3.8) is 0 Å². The lowest BCUT2D eigenvalue weighted by atomic mass is 9.89. The van der Waals surface area contributed by atoms with E-state index < -0.39 is 30.3 Å². The Bertz CT molecular complexity index is 989. The highest BCUT2D eigenvalue weighted by Crippen LogP contribution is 2.47. The molecule has 4 atom stereocenters. The van der Waals surface area contributed by atoms with Crippen molar-refractivity contribution in [2.75, 3.05) is 0 Å². The molecule has 7 heteroatoms. The highest BCUT2D eigenvalue weighted by atomic mass is 35.5. The normalized spacial score (nSPS) is 24.6. The molecule has 1 saturated carbocycles. The molecule has 1 amide bonds. The Kier molecular flexibility index (Phi) is 6.37. The Morgan fingerprint density at radius 1 is 1.16 bits per heavy atom. The summed E-state index contributed by atoms with van der Waals surface area (Å²) in [6.45, 7) is 3.74. The molecular formula is C24H23Cl2NO4. The molecule has 2 aromatic rings. The van der Waals surface area contributed by atoms with Gasteiger partial charge in [-0.05, 0) is 54.2 Å². The molecule has 4 rings (SSSR count). The number of benzene rings is 2. The first-order valence-electron chi connectivity index (χ1n) is 10.2. The minimum Gasteiger partial charge on any atom is -0.480 e. The van der Waals surface area contributed by atoms with Gasteiger partial charge in [0.2, 0.25) is 0 Å². The SMILES string of the molecule is C=CC[C@H]1O[C@H](c2cccc(Cl)c2)[C@H](c2ccc(Cl)cc2)N([C@@H](C(=O)O)C2CC2)C1=O. The zero-order chi connectivity index (χ0) is 22.1. The smallest absolute Gasteiger partial charge is 0.326 e. The number of carboxylic acids is 1. The van der Waals surface area contributed by atoms with Crippen LogP contribution in [0.1, 0.15) is 42.5 Å². The van der Waals surface area contributed by atoms with E-state index in [1.165, 1.54) is 4.90 Å². The zero-order valence-corrected chi connectivity index (χ0v) is 18.3. The summed E-state index contributed by atoms with van der Waals surface area (Å²) in [5, 5.41) is 11.2. The maximum Gasteiger partial charge on any atom is 0.326 e. The summed E-state index contributed by atoms with van der Waals surface area (Å²) in [5.74, 6) is -1.41. The molecule has 1 N–H and O–H groups in total. The van der Waals surface area contributed by atoms with Crippen molar-refractivity contribution < 1.29 is 19.4 Å². The number of halogens is 2. The van der Waals surface area contributed by atoms with E-state index in [2.05, 4.69) is 6.58 Å². The van der Waals surface area contributed by atoms with Gasteiger partial charge in [0.05, 0.1) is 6.04 Å². The van der Waals surface area contributed by atoms with E-state index in [0.29, 0.717) is 10.0 Å². The van der Waals surface area contributed by atoms with Crippen molar-refractivity contribution in [1.29, 1.82) is 0 Å². The van der Waals surface area contributed by atoms with Crippen LogP contribution >= 0.6 is 23.2 Å². The van der Waals surface area contributed by atoms with Crippen molar-refractivity contribution in [1.82, 2.24) is 4.90 Å². The predicted molar refractivity (Wildman–Crippen MR) is 119 cm³/mol. The molecule has 0 bridgehead atoms. The fourth-order valence-corrected chi connectivity index (χ4v) is 4.60. The van der Waals surface area contributed by atoms with E-state index in [9.17, 15) is 14.7 Å². The number of carboxylic acid groups (broad SMARTS) is 1. The number of carbonyl (C=O) groups is 2. The summed E-state index contributed by atoms with van der Waals surface area (Å²) in [7, 11) is 0. The molecule has 0 unspecified atom stereocenters. The minimum atomic E-state index is -1.00. The van der Waals surface area contributed by atoms with E-state index in [1.807, 2.05) is 24.3 Å². The van der Waals surface area contributed by atoms with Crippen LogP contribution in [0.25, 0.3) is 0 Å². The summed E-state index contributed by atoms with van der Waals surface area (Å²) in [4.78, 5) is 27.4. The van der Waals surface area contributed by atoms with Crippen LogP contribution in [0.2, 0.25) is 10.0 Å². The second-order valence-corrected chi connectivity index (χ2v) is 8.86. The molecule has 1 aliphatic heterocycles. The van der Waals surface area contributed by atoms with Gasteiger partial charge < -0.3 is 14.7 Å². The van der Waals surface area contributed by atoms with Crippen LogP contribution < -0.4 is 0 Å². The predicted octanol–water partition coefficient (Wildman–Crippen LogP) is 5.44. The van der Waals surface area contributed by atoms with Gasteiger partial charge in [0.15, 0.2) is 0 Å². The quantitative estimate of drug-likeness (QED) is 0.559. The second-order valence-electron chi connectivity index (χ2n) is 7.99. The Balaban J connectivity index is 1.88. The van der Waals surface area contributed by atoms with Gasteiger partial charge in [0, 0.05) is 16.5 Å². The van der Waals surface area contributed by atoms with Crippen molar-refractivity contribution >= 4 is 35.1 Å². The topological polar surface area (TPSA) is 66.8 Å². The summed E-state index contributed by atoms with van der Waals surface area (Å²) in [6.07, 6.45) is 2.06. The van der Waals surface area contributed by atoms with Crippen molar-refractivity contribution in [2.45, 2.75) is 43.6 Å². The third-order valence-electron chi connectivity index (χ3n) is 5.82. The van der Waals surface area contributed by atoms with Crippen molar-refractivity contribution in [2.24, 2.45) is 5.92 Å². The summed E-state index contributed by atoms with van der Waals surface area (Å²) < 4.78 is 6.29. The molecule has 1 heterocycles. The lowest BCUT2D eigenvalue weighted by Gasteiger charge is -2.47. The third kappa shape index (κ3) is 4.49. The number of carbonyl (C=O) groups excluding carboxylic acids is 1. The largest absolute Gasteiger partial charge is 0.480 e. The monoisotopic (exact) mass is 459 g/mol. The molecule has 1 aliphatic carbocycles. The number of aliphatic carboxylic acids is 1. The molecule has 31 heavy (non-hydrogen) atoms. The molecular weight excluding hydrogens is 437 g/mol. The number of nitrogens with zero attached hydrogens (tertiary/aromatic N) is 1. The fourth-order valence-electron chi connectivity index (χ4n) is 4.28. The van der Waals surface area contributed by atoms with E-state index in [4.69, 9.17) is 27.9 Å². The summed E-state index contributed by atoms with van der Waals surface area (Å²) in [6, 6.07) is 12.8. The van der Waals surface area contributed by atoms with E-state index >= 15 is 0 Å². The third-order valence-corrected chi connectivity index (χ3v) is 6.31. The zero-order valence-electron chi connectivity index (χ0n) is 16.8. The Morgan fingerprint density at radius 2 is 1.87 bits per heavy atom. The maximum absolute atomic E-state index is 13.5. The van der Waals surface area contributed by atoms with Gasteiger partial charge in [-0.15, -0.1) is 6.58 Å². The first-order chi connectivity index (χ1) is 14.9. The highest BCUT2D eigenvalue weighted by molar-refractivity contribution is 6.30. The first-order valence-corrected chi connectivity index (χ1v) is 11.0. The number of morpholine rings is 1. The summed E-state index contributed by atoms with van der Waals surface area (Å²) >= 11 is 12.3. The van der Waals surface area contributed by atoms with Crippen LogP contribution in [0.3, 0.4) is 0 Å². The lowest BCUT2D eigenvalue weighted by Crippen LogP contribution is -2.57. The van der Waals surface area contributed by atoms with Gasteiger partial charge in [-0.1, -0.05) is 53.5 Å². The molecule has 0 aromatic heterocycles. The average Bonchev–Trinajstić information content (AvgIpc) is 3.56. The van der Waals surface area contributed by atoms with Crippen LogP contribution in [0.4, 0.5) is 0 Å². The Morgan fingerprint density at radius 3 is 2.45 bits per heavy atom. The van der Waals surface area contributed by atoms with Crippen LogP contribution in [-0.2, 0) is 14.3 Å². The molecule has 0 radical (unpaired) electrons. The van der Waals surface area contributed by atoms with Gasteiger partial charge in [0.25, 0.3) is 5.91 Å². The van der Waals surface area contributed by atoms with E-state index in [-0.39, 0.29) is 18.2 Å². The van der Waals surface area contributed by atoms with Crippen molar-refractivity contribution in [3.8, 4) is 0 Å². The van der Waals surface area contributed by atoms with E-state index in [1.54, 1.807) is 30.3 Å². The van der Waals surface area contributed by atoms with E-state index in [0.717, 1.165) is 24.0 Å². The lowest BCUT2D eigenvalue weighted by molar-refractivity contribution is -0.185. The molecule has 0 spiro atoms. The van der Waals surface area contributed by atoms with Gasteiger partial charge in [-0.25, -0.2) is 4.79 Å².